The number of rotatable bonds is 10. The fraction of sp³-hybridized carbons (Fsp3) is 0.381. The third-order valence-corrected chi connectivity index (χ3v) is 7.46. The molecule has 3 heterocycles. The molecule has 12 heteroatoms. The number of carbonyl (C=O) groups excluding carboxylic acids is 3. The average Bonchev–Trinajstić information content (AvgIpc) is 3.45. The number of nitrogens with two attached hydrogens (primary N) is 1. The Balaban J connectivity index is 1.77. The number of hydrogen-bond donors (Lipinski definition) is 2. The van der Waals surface area contributed by atoms with Gasteiger partial charge in [0.25, 0.3) is 5.91 Å². The highest BCUT2D eigenvalue weighted by Gasteiger charge is 2.26. The molecule has 0 fully saturated rings. The van der Waals surface area contributed by atoms with Gasteiger partial charge in [0.1, 0.15) is 5.00 Å². The van der Waals surface area contributed by atoms with Crippen molar-refractivity contribution in [1.29, 1.82) is 0 Å². The molecular weight excluding hydrogens is 482 g/mol. The molecule has 3 rings (SSSR count). The number of primary amides is 1. The molecule has 0 spiro atoms. The van der Waals surface area contributed by atoms with Gasteiger partial charge in [0.05, 0.1) is 27.2 Å². The normalized spacial score (nSPS) is 11.1. The fourth-order valence-electron chi connectivity index (χ4n) is 3.06. The smallest absolute Gasteiger partial charge is 0.341 e. The first kappa shape index (κ1) is 24.9. The number of esters is 1. The molecule has 2 amide bonds. The largest absolute Gasteiger partial charge is 0.459 e. The van der Waals surface area contributed by atoms with E-state index in [9.17, 15) is 14.4 Å². The summed E-state index contributed by atoms with van der Waals surface area (Å²) in [5.74, 6) is -0.807. The minimum Gasteiger partial charge on any atom is -0.459 e. The van der Waals surface area contributed by atoms with Crippen LogP contribution >= 0.6 is 34.4 Å². The summed E-state index contributed by atoms with van der Waals surface area (Å²) in [6.07, 6.45) is 0.539. The van der Waals surface area contributed by atoms with Crippen LogP contribution in [0.2, 0.25) is 0 Å². The Morgan fingerprint density at radius 1 is 1.30 bits per heavy atom. The highest BCUT2D eigenvalue weighted by atomic mass is 32.2. The van der Waals surface area contributed by atoms with Crippen molar-refractivity contribution < 1.29 is 19.1 Å². The molecule has 0 aliphatic rings. The van der Waals surface area contributed by atoms with Crippen LogP contribution in [0.15, 0.2) is 22.7 Å². The van der Waals surface area contributed by atoms with Gasteiger partial charge in [0.2, 0.25) is 5.91 Å². The van der Waals surface area contributed by atoms with Gasteiger partial charge >= 0.3 is 5.97 Å². The predicted molar refractivity (Wildman–Crippen MR) is 131 cm³/mol. The molecule has 0 atom stereocenters. The van der Waals surface area contributed by atoms with Gasteiger partial charge in [0.15, 0.2) is 11.0 Å². The second-order valence-electron chi connectivity index (χ2n) is 7.35. The summed E-state index contributed by atoms with van der Waals surface area (Å²) >= 11 is 3.80. The molecule has 0 bridgehead atoms. The van der Waals surface area contributed by atoms with E-state index in [1.54, 1.807) is 32.1 Å². The molecule has 3 N–H and O–H groups in total. The van der Waals surface area contributed by atoms with Gasteiger partial charge in [-0.25, -0.2) is 4.79 Å². The van der Waals surface area contributed by atoms with Crippen molar-refractivity contribution in [2.45, 2.75) is 51.9 Å². The molecule has 33 heavy (non-hydrogen) atoms. The van der Waals surface area contributed by atoms with Crippen LogP contribution in [0.3, 0.4) is 0 Å². The Kier molecular flexibility index (Phi) is 8.27. The maximum absolute atomic E-state index is 12.7. The van der Waals surface area contributed by atoms with Crippen LogP contribution in [0.25, 0.3) is 10.7 Å². The van der Waals surface area contributed by atoms with Crippen LogP contribution in [-0.2, 0) is 16.1 Å². The van der Waals surface area contributed by atoms with Crippen LogP contribution < -0.4 is 11.1 Å². The van der Waals surface area contributed by atoms with Gasteiger partial charge < -0.3 is 20.4 Å². The van der Waals surface area contributed by atoms with E-state index >= 15 is 0 Å². The Labute approximate surface area is 203 Å². The number of amides is 2. The first-order valence-electron chi connectivity index (χ1n) is 10.3. The quantitative estimate of drug-likeness (QED) is 0.311. The van der Waals surface area contributed by atoms with Crippen molar-refractivity contribution in [3.05, 3.63) is 33.5 Å². The summed E-state index contributed by atoms with van der Waals surface area (Å²) < 4.78 is 7.28. The SMILES string of the molecule is CCCn1c(SCC(=O)Nc2sc(C(N)=O)c(C)c2C(=O)OC(C)C)nnc1-c1cccs1. The highest BCUT2D eigenvalue weighted by molar-refractivity contribution is 7.99. The molecular formula is C21H25N5O4S3. The average molecular weight is 508 g/mol. The lowest BCUT2D eigenvalue weighted by Crippen LogP contribution is -2.18. The van der Waals surface area contributed by atoms with E-state index < -0.39 is 11.9 Å². The molecule has 0 unspecified atom stereocenters. The van der Waals surface area contributed by atoms with E-state index in [-0.39, 0.29) is 33.2 Å². The van der Waals surface area contributed by atoms with Gasteiger partial charge in [0, 0.05) is 6.54 Å². The first-order valence-corrected chi connectivity index (χ1v) is 12.9. The third kappa shape index (κ3) is 5.81. The van der Waals surface area contributed by atoms with E-state index in [0.717, 1.165) is 35.0 Å². The maximum atomic E-state index is 12.7. The number of hydrogen-bond acceptors (Lipinski definition) is 9. The summed E-state index contributed by atoms with van der Waals surface area (Å²) in [6.45, 7) is 7.84. The van der Waals surface area contributed by atoms with E-state index in [1.807, 2.05) is 22.1 Å². The molecule has 0 aromatic carbocycles. The topological polar surface area (TPSA) is 129 Å². The lowest BCUT2D eigenvalue weighted by Gasteiger charge is -2.10. The standard InChI is InChI=1S/C21H25N5O4S3/c1-5-8-26-18(13-7-6-9-31-13)24-25-21(26)32-10-14(27)23-19-15(20(29)30-11(2)3)12(4)16(33-19)17(22)28/h6-7,9,11H,5,8,10H2,1-4H3,(H2,22,28)(H,23,27). The van der Waals surface area contributed by atoms with Crippen molar-refractivity contribution in [1.82, 2.24) is 14.8 Å². The molecule has 0 aliphatic carbocycles. The molecule has 0 saturated carbocycles. The number of anilines is 1. The number of thiophene rings is 2. The zero-order valence-corrected chi connectivity index (χ0v) is 21.2. The van der Waals surface area contributed by atoms with E-state index in [2.05, 4.69) is 22.4 Å². The van der Waals surface area contributed by atoms with Crippen molar-refractivity contribution in [3.63, 3.8) is 0 Å². The molecule has 0 aliphatic heterocycles. The predicted octanol–water partition coefficient (Wildman–Crippen LogP) is 4.18. The number of nitrogens with one attached hydrogen (secondary N) is 1. The summed E-state index contributed by atoms with van der Waals surface area (Å²) in [5, 5.41) is 14.1. The van der Waals surface area contributed by atoms with E-state index in [1.165, 1.54) is 11.8 Å². The van der Waals surface area contributed by atoms with Crippen molar-refractivity contribution in [3.8, 4) is 10.7 Å². The number of thioether (sulfide) groups is 1. The van der Waals surface area contributed by atoms with Crippen LogP contribution in [0.1, 0.15) is 52.8 Å². The summed E-state index contributed by atoms with van der Waals surface area (Å²) in [6, 6.07) is 3.94. The zero-order chi connectivity index (χ0) is 24.1. The second-order valence-corrected chi connectivity index (χ2v) is 10.3. The molecule has 9 nitrogen and oxygen atoms in total. The van der Waals surface area contributed by atoms with Gasteiger partial charge in [-0.1, -0.05) is 24.8 Å². The van der Waals surface area contributed by atoms with E-state index in [0.29, 0.717) is 10.7 Å². The lowest BCUT2D eigenvalue weighted by atomic mass is 10.1. The van der Waals surface area contributed by atoms with Crippen LogP contribution in [-0.4, -0.2) is 44.4 Å². The molecule has 3 aromatic heterocycles. The summed E-state index contributed by atoms with van der Waals surface area (Å²) in [7, 11) is 0. The minimum absolute atomic E-state index is 0.0494. The Bertz CT molecular complexity index is 1150. The van der Waals surface area contributed by atoms with Crippen molar-refractivity contribution in [2.24, 2.45) is 5.73 Å². The second kappa shape index (κ2) is 10.9. The van der Waals surface area contributed by atoms with Crippen molar-refractivity contribution in [2.75, 3.05) is 11.1 Å². The third-order valence-electron chi connectivity index (χ3n) is 4.41. The minimum atomic E-state index is -0.667. The summed E-state index contributed by atoms with van der Waals surface area (Å²) in [4.78, 5) is 38.3. The number of aromatic nitrogens is 3. The monoisotopic (exact) mass is 507 g/mol. The summed E-state index contributed by atoms with van der Waals surface area (Å²) in [5.41, 5.74) is 5.98. The highest BCUT2D eigenvalue weighted by Crippen LogP contribution is 2.34. The molecule has 0 radical (unpaired) electrons. The van der Waals surface area contributed by atoms with Crippen LogP contribution in [0.5, 0.6) is 0 Å². The zero-order valence-electron chi connectivity index (χ0n) is 18.7. The Morgan fingerprint density at radius 3 is 2.67 bits per heavy atom. The number of carbonyl (C=O) groups is 3. The number of ether oxygens (including phenoxy) is 1. The molecule has 176 valence electrons. The Morgan fingerprint density at radius 2 is 2.06 bits per heavy atom. The van der Waals surface area contributed by atoms with Gasteiger partial charge in [-0.3, -0.25) is 9.59 Å². The van der Waals surface area contributed by atoms with E-state index in [4.69, 9.17) is 10.5 Å². The van der Waals surface area contributed by atoms with Gasteiger partial charge in [-0.15, -0.1) is 32.9 Å². The molecule has 0 saturated heterocycles. The van der Waals surface area contributed by atoms with Crippen molar-refractivity contribution >= 4 is 57.2 Å². The fourth-order valence-corrected chi connectivity index (χ4v) is 5.60. The number of nitrogens with zero attached hydrogens (tertiary/aromatic N) is 3. The first-order chi connectivity index (χ1) is 15.7. The maximum Gasteiger partial charge on any atom is 0.341 e. The lowest BCUT2D eigenvalue weighted by molar-refractivity contribution is -0.113. The van der Waals surface area contributed by atoms with Crippen LogP contribution in [0, 0.1) is 6.92 Å². The Hall–Kier alpha value is -2.70. The molecule has 3 aromatic rings. The van der Waals surface area contributed by atoms with Gasteiger partial charge in [-0.2, -0.15) is 0 Å². The van der Waals surface area contributed by atoms with Gasteiger partial charge in [-0.05, 0) is 44.2 Å². The van der Waals surface area contributed by atoms with Crippen LogP contribution in [0.4, 0.5) is 5.00 Å².